The van der Waals surface area contributed by atoms with Crippen LogP contribution in [0.1, 0.15) is 290 Å². The van der Waals surface area contributed by atoms with E-state index in [9.17, 15) is 4.91 Å². The number of hydrogen-bond acceptors (Lipinski definition) is 20. The van der Waals surface area contributed by atoms with E-state index in [0.29, 0.717) is 82.4 Å². The summed E-state index contributed by atoms with van der Waals surface area (Å²) in [5.41, 5.74) is 43.2. The van der Waals surface area contributed by atoms with Gasteiger partial charge in [0.1, 0.15) is 40.8 Å². The van der Waals surface area contributed by atoms with Crippen LogP contribution in [0, 0.1) is 18.8 Å². The zero-order valence-electron chi connectivity index (χ0n) is 81.3. The summed E-state index contributed by atoms with van der Waals surface area (Å²) in [6.45, 7) is 52.8. The van der Waals surface area contributed by atoms with E-state index in [2.05, 4.69) is 281 Å². The molecule has 694 valence electrons. The number of aryl methyl sites for hydroxylation is 2. The minimum absolute atomic E-state index is 0.0659. The van der Waals surface area contributed by atoms with Crippen molar-refractivity contribution < 1.29 is 14.6 Å². The van der Waals surface area contributed by atoms with Crippen LogP contribution in [0.5, 0.6) is 11.5 Å². The standard InChI is InChI=1S/C11H14N2.C10H11BrN2.C10H11ClN2.C10H14N2O.C10H12N2.C10H16N2.C9H14N3O.C9H14N2.C8H12N2O.C8H12N2.C8H11N/c1-7(2)9-4-10-8(3)5-12-11(10)13-6-9;2*1-6(2)7-3-8-9(11)5-13-10(8)12-4-7;1-7(2)8-5-9-10(12-6-8)11-3-4-13-9;1-7(2)8-3-5-11-10-9(8)4-6-12-10;1-8(2)9-5-10(12(3)4)7-11-6-9;1-6(2)7-4-8(12(3)13)9(10)11-5-7;1-6(2)8-4-7(3)9(10)11-5-8;1-5(2)6-3-7(11)8(9)10-4-6;1-6(2)7-3-4-10-8(9)5-7;1-7(2)8-3-5-9-6-4-8/h4-7H,1-3H3,(H,12,13);2*3-6H,1-2H3,(H,12,13);5-7H,3-4H2,1-2H3,(H,11,12);3-7H,1-2H3,(H,11,12);5-8H,1-4H3;4-6H,1-3H3,(H2,10,11);4-6H,1-3H3,(H2,10,11);3-5,11H,1-2H3,(H2,9,10);3-6H,1-2H3,(H2,9,10);3-7H,1-2H3/q;;;;;;+1;;;;. The normalized spacial score (nSPS) is 11.2. The van der Waals surface area contributed by atoms with Gasteiger partial charge >= 0.3 is 0 Å². The number of ether oxygens (including phenoxy) is 1. The minimum atomic E-state index is 0.0659. The molecule has 16 heterocycles. The molecule has 1 aliphatic rings. The van der Waals surface area contributed by atoms with Crippen molar-refractivity contribution in [1.29, 1.82) is 0 Å². The Morgan fingerprint density at radius 1 is 0.415 bits per heavy atom. The highest BCUT2D eigenvalue weighted by Crippen LogP contribution is 2.32. The third kappa shape index (κ3) is 33.6. The zero-order chi connectivity index (χ0) is 96.3. The summed E-state index contributed by atoms with van der Waals surface area (Å²) >= 11 is 9.46. The number of aromatic amines is 4. The first-order valence-electron chi connectivity index (χ1n) is 44.5. The fourth-order valence-electron chi connectivity index (χ4n) is 12.3. The summed E-state index contributed by atoms with van der Waals surface area (Å²) in [6, 6.07) is 28.4. The van der Waals surface area contributed by atoms with Gasteiger partial charge in [-0.15, -0.1) is 0 Å². The van der Waals surface area contributed by atoms with Crippen molar-refractivity contribution in [2.75, 3.05) is 67.4 Å². The molecule has 0 fully saturated rings. The van der Waals surface area contributed by atoms with E-state index in [1.165, 1.54) is 79.1 Å². The molecule has 14 N–H and O–H groups in total. The van der Waals surface area contributed by atoms with Crippen LogP contribution in [-0.4, -0.2) is 119 Å². The van der Waals surface area contributed by atoms with Gasteiger partial charge in [0.25, 0.3) is 5.69 Å². The number of nitrogens with zero attached hydrogens (tertiary/aromatic N) is 13. The van der Waals surface area contributed by atoms with E-state index >= 15 is 0 Å². The zero-order valence-corrected chi connectivity index (χ0v) is 83.6. The first-order valence-corrected chi connectivity index (χ1v) is 45.7. The number of nitrogen functional groups attached to an aromatic ring is 4. The summed E-state index contributed by atoms with van der Waals surface area (Å²) in [5.74, 6) is 9.11. The van der Waals surface area contributed by atoms with E-state index in [-0.39, 0.29) is 17.4 Å². The molecule has 0 amide bonds. The van der Waals surface area contributed by atoms with E-state index in [4.69, 9.17) is 44.4 Å². The number of nitroso groups, excluding NO2 is 1. The Labute approximate surface area is 783 Å². The molecule has 1 aliphatic heterocycles. The average molecular weight is 1850 g/mol. The van der Waals surface area contributed by atoms with Gasteiger partial charge in [0.2, 0.25) is 5.82 Å². The largest absolute Gasteiger partial charge is 0.504 e. The molecule has 0 atom stereocenters. The van der Waals surface area contributed by atoms with Crippen molar-refractivity contribution in [3.63, 3.8) is 0 Å². The van der Waals surface area contributed by atoms with Gasteiger partial charge in [0.05, 0.1) is 23.5 Å². The summed E-state index contributed by atoms with van der Waals surface area (Å²) in [7, 11) is 5.47. The molecule has 0 saturated carbocycles. The van der Waals surface area contributed by atoms with Gasteiger partial charge in [-0.25, -0.2) is 44.9 Å². The molecule has 27 heteroatoms. The smallest absolute Gasteiger partial charge is 0.297 e. The Hall–Kier alpha value is -12.4. The van der Waals surface area contributed by atoms with Crippen molar-refractivity contribution in [1.82, 2.24) is 74.8 Å². The summed E-state index contributed by atoms with van der Waals surface area (Å²) in [5, 5.41) is 17.7. The number of fused-ring (bicyclic) bond motifs is 5. The lowest BCUT2D eigenvalue weighted by atomic mass is 10.0. The van der Waals surface area contributed by atoms with Crippen LogP contribution in [0.15, 0.2) is 195 Å². The van der Waals surface area contributed by atoms with E-state index in [1.54, 1.807) is 36.9 Å². The second kappa shape index (κ2) is 52.3. The highest BCUT2D eigenvalue weighted by molar-refractivity contribution is 9.10. The molecule has 0 saturated heterocycles. The maximum atomic E-state index is 11.0. The summed E-state index contributed by atoms with van der Waals surface area (Å²) in [6.07, 6.45) is 31.6. The van der Waals surface area contributed by atoms with Crippen molar-refractivity contribution in [3.05, 3.63) is 277 Å². The maximum Gasteiger partial charge on any atom is 0.297 e. The Kier molecular flexibility index (Phi) is 42.8. The first-order chi connectivity index (χ1) is 61.5. The number of aromatic hydroxyl groups is 1. The monoisotopic (exact) mass is 1850 g/mol. The van der Waals surface area contributed by atoms with Gasteiger partial charge in [-0.3, -0.25) is 9.97 Å². The number of rotatable bonds is 13. The third-order valence-electron chi connectivity index (χ3n) is 21.2. The Morgan fingerprint density at radius 2 is 0.862 bits per heavy atom. The summed E-state index contributed by atoms with van der Waals surface area (Å²) in [4.78, 5) is 70.9. The SMILES string of the molecule is CC(C)c1ccnc(N)c1.CC(C)c1ccnc2[nH]ccc12.CC(C)c1ccncc1.CC(C)c1cnc(N)c(O)c1.CC(C)c1cnc(N)c([N+](C)=O)c1.CC(C)c1cnc2[nH]cc(Br)c2c1.CC(C)c1cnc2[nH]cc(Cl)c2c1.CC(C)c1cnc2c(c1)OCCN2.CC(C)c1cncc(N(C)C)c1.Cc1c[nH]c2ncc(C(C)C)cc12.Cc1cc(C(C)C)cnc1N. The molecular weight excluding hydrogens is 1710 g/mol. The lowest BCUT2D eigenvalue weighted by Gasteiger charge is -2.19. The number of anilines is 6. The van der Waals surface area contributed by atoms with Crippen LogP contribution < -0.4 is 37.9 Å². The van der Waals surface area contributed by atoms with Gasteiger partial charge in [0, 0.05) is 155 Å². The molecule has 0 aliphatic carbocycles. The molecule has 0 aromatic carbocycles. The van der Waals surface area contributed by atoms with Crippen molar-refractivity contribution >= 4 is 112 Å². The lowest BCUT2D eigenvalue weighted by molar-refractivity contribution is -0.427. The van der Waals surface area contributed by atoms with Crippen molar-refractivity contribution in [2.24, 2.45) is 0 Å². The Balaban J connectivity index is 0.000000221. The molecule has 0 radical (unpaired) electrons. The molecule has 130 heavy (non-hydrogen) atoms. The molecule has 16 rings (SSSR count). The van der Waals surface area contributed by atoms with Crippen LogP contribution in [0.4, 0.5) is 40.5 Å². The lowest BCUT2D eigenvalue weighted by Crippen LogP contribution is -2.19. The molecular formula is C103H141BrClN22O3+. The van der Waals surface area contributed by atoms with E-state index < -0.39 is 0 Å². The fraction of sp³-hybridized carbons (Fsp3) is 0.388. The Morgan fingerprint density at radius 3 is 1.38 bits per heavy atom. The molecule has 0 bridgehead atoms. The molecule has 0 spiro atoms. The van der Waals surface area contributed by atoms with Gasteiger partial charge in [-0.1, -0.05) is 170 Å². The fourth-order valence-corrected chi connectivity index (χ4v) is 12.9. The second-order valence-electron chi connectivity index (χ2n) is 35.5. The number of hydrogen-bond donors (Lipinski definition) is 10. The van der Waals surface area contributed by atoms with Crippen LogP contribution in [-0.2, 0) is 0 Å². The predicted octanol–water partition coefficient (Wildman–Crippen LogP) is 26.2. The number of halogens is 2. The van der Waals surface area contributed by atoms with Crippen LogP contribution >= 0.6 is 27.5 Å². The van der Waals surface area contributed by atoms with Crippen LogP contribution in [0.2, 0.25) is 5.02 Å². The van der Waals surface area contributed by atoms with Crippen molar-refractivity contribution in [2.45, 2.75) is 231 Å². The predicted molar refractivity (Wildman–Crippen MR) is 548 cm³/mol. The molecule has 15 aromatic heterocycles. The highest BCUT2D eigenvalue weighted by Gasteiger charge is 2.18. The van der Waals surface area contributed by atoms with E-state index in [0.717, 1.165) is 89.0 Å². The van der Waals surface area contributed by atoms with Gasteiger partial charge in [-0.05, 0) is 240 Å². The van der Waals surface area contributed by atoms with Crippen molar-refractivity contribution in [3.8, 4) is 11.5 Å². The number of aromatic nitrogens is 15. The first kappa shape index (κ1) is 106. The topological polar surface area (TPSA) is 374 Å². The van der Waals surface area contributed by atoms with Gasteiger partial charge in [-0.2, -0.15) is 0 Å². The minimum Gasteiger partial charge on any atom is -0.504 e. The number of H-pyrrole nitrogens is 4. The van der Waals surface area contributed by atoms with Crippen LogP contribution in [0.3, 0.4) is 0 Å². The van der Waals surface area contributed by atoms with Gasteiger partial charge < -0.3 is 62.9 Å². The van der Waals surface area contributed by atoms with Gasteiger partial charge in [0.15, 0.2) is 30.2 Å². The molecule has 15 aromatic rings. The average Bonchev–Trinajstić information content (AvgIpc) is 1.73. The number of pyridine rings is 11. The second-order valence-corrected chi connectivity index (χ2v) is 36.7. The van der Waals surface area contributed by atoms with E-state index in [1.807, 2.05) is 154 Å². The molecule has 25 nitrogen and oxygen atoms in total. The Bertz CT molecular complexity index is 5670. The highest BCUT2D eigenvalue weighted by atomic mass is 79.9. The number of nitrogens with two attached hydrogens (primary N) is 4. The number of nitrogens with one attached hydrogen (secondary N) is 5. The quantitative estimate of drug-likeness (QED) is 0.0479. The van der Waals surface area contributed by atoms with Crippen LogP contribution in [0.25, 0.3) is 44.1 Å². The molecule has 0 unspecified atom stereocenters. The third-order valence-corrected chi connectivity index (χ3v) is 22.1. The maximum absolute atomic E-state index is 11.0. The summed E-state index contributed by atoms with van der Waals surface area (Å²) < 4.78 is 7.30.